The van der Waals surface area contributed by atoms with E-state index >= 15 is 0 Å². The lowest BCUT2D eigenvalue weighted by molar-refractivity contribution is -0.113. The Labute approximate surface area is 216 Å². The summed E-state index contributed by atoms with van der Waals surface area (Å²) in [5, 5.41) is 4.70. The molecular weight excluding hydrogens is 496 g/mol. The lowest BCUT2D eigenvalue weighted by Crippen LogP contribution is -2.39. The fourth-order valence-electron chi connectivity index (χ4n) is 4.66. The van der Waals surface area contributed by atoms with Gasteiger partial charge in [-0.15, -0.1) is 11.3 Å². The van der Waals surface area contributed by atoms with Crippen molar-refractivity contribution < 1.29 is 14.3 Å². The number of pyridine rings is 2. The molecule has 6 heterocycles. The zero-order chi connectivity index (χ0) is 24.7. The van der Waals surface area contributed by atoms with Gasteiger partial charge in [0, 0.05) is 36.7 Å². The topological polar surface area (TPSA) is 102 Å². The molecule has 2 aliphatic heterocycles. The van der Waals surface area contributed by atoms with Crippen molar-refractivity contribution in [3.8, 4) is 0 Å². The zero-order valence-electron chi connectivity index (χ0n) is 20.1. The summed E-state index contributed by atoms with van der Waals surface area (Å²) < 4.78 is 12.8. The van der Waals surface area contributed by atoms with E-state index in [4.69, 9.17) is 14.5 Å². The van der Waals surface area contributed by atoms with Crippen molar-refractivity contribution in [1.29, 1.82) is 0 Å². The number of aromatic nitrogens is 4. The fourth-order valence-corrected chi connectivity index (χ4v) is 6.69. The van der Waals surface area contributed by atoms with Crippen molar-refractivity contribution in [3.63, 3.8) is 0 Å². The van der Waals surface area contributed by atoms with E-state index in [2.05, 4.69) is 39.0 Å². The second-order valence-corrected chi connectivity index (χ2v) is 11.4. The summed E-state index contributed by atoms with van der Waals surface area (Å²) in [6.07, 6.45) is 4.02. The number of thioether (sulfide) groups is 1. The number of amides is 1. The predicted octanol–water partition coefficient (Wildman–Crippen LogP) is 4.05. The largest absolute Gasteiger partial charge is 0.378 e. The predicted molar refractivity (Wildman–Crippen MR) is 142 cm³/mol. The Kier molecular flexibility index (Phi) is 6.24. The minimum Gasteiger partial charge on any atom is -0.378 e. The van der Waals surface area contributed by atoms with Crippen LogP contribution in [-0.4, -0.2) is 63.5 Å². The number of anilines is 2. The molecule has 1 N–H and O–H groups in total. The molecule has 1 amide bonds. The summed E-state index contributed by atoms with van der Waals surface area (Å²) in [7, 11) is 0. The molecule has 11 heteroatoms. The minimum absolute atomic E-state index is 0.129. The van der Waals surface area contributed by atoms with E-state index in [1.54, 1.807) is 29.9 Å². The molecule has 0 bridgehead atoms. The third-order valence-electron chi connectivity index (χ3n) is 6.36. The molecule has 1 saturated heterocycles. The molecule has 0 radical (unpaired) electrons. The monoisotopic (exact) mass is 522 g/mol. The van der Waals surface area contributed by atoms with E-state index in [1.807, 2.05) is 12.1 Å². The Hall–Kier alpha value is -2.86. The molecule has 0 aromatic carbocycles. The minimum atomic E-state index is -0.272. The van der Waals surface area contributed by atoms with Crippen molar-refractivity contribution in [3.05, 3.63) is 41.9 Å². The number of nitrogens with one attached hydrogen (secondary N) is 1. The van der Waals surface area contributed by atoms with Crippen LogP contribution in [0.5, 0.6) is 0 Å². The van der Waals surface area contributed by atoms with Crippen molar-refractivity contribution >= 4 is 61.1 Å². The fraction of sp³-hybridized carbons (Fsp3) is 0.400. The standard InChI is InChI=1S/C25H26N6O3S2/c1-25(2)11-15-16(12-34-25)22(31-7-9-33-10-8-31)30-23-19(15)20-21(36-23)24(28-14-27-20)35-13-18(32)29-17-5-3-4-6-26-17/h3-6,14H,7-13H2,1-2H3,(H,26,29,32). The van der Waals surface area contributed by atoms with E-state index in [0.29, 0.717) is 25.6 Å². The van der Waals surface area contributed by atoms with Gasteiger partial charge in [-0.1, -0.05) is 17.8 Å². The molecular formula is C25H26N6O3S2. The van der Waals surface area contributed by atoms with E-state index in [-0.39, 0.29) is 17.3 Å². The van der Waals surface area contributed by atoms with Crippen LogP contribution in [0, 0.1) is 0 Å². The smallest absolute Gasteiger partial charge is 0.235 e. The molecule has 0 aliphatic carbocycles. The normalized spacial score (nSPS) is 17.3. The Morgan fingerprint density at radius 2 is 2.06 bits per heavy atom. The molecule has 4 aromatic rings. The van der Waals surface area contributed by atoms with Gasteiger partial charge in [0.25, 0.3) is 0 Å². The van der Waals surface area contributed by atoms with Crippen molar-refractivity contribution in [2.75, 3.05) is 42.3 Å². The average molecular weight is 523 g/mol. The Morgan fingerprint density at radius 1 is 1.19 bits per heavy atom. The zero-order valence-corrected chi connectivity index (χ0v) is 21.7. The van der Waals surface area contributed by atoms with Gasteiger partial charge < -0.3 is 19.7 Å². The Balaban J connectivity index is 1.39. The third-order valence-corrected chi connectivity index (χ3v) is 8.55. The van der Waals surface area contributed by atoms with E-state index < -0.39 is 0 Å². The molecule has 0 spiro atoms. The number of hydrogen-bond acceptors (Lipinski definition) is 10. The first kappa shape index (κ1) is 23.5. The van der Waals surface area contributed by atoms with Crippen LogP contribution in [0.25, 0.3) is 20.4 Å². The summed E-state index contributed by atoms with van der Waals surface area (Å²) >= 11 is 3.00. The number of rotatable bonds is 5. The first-order valence-electron chi connectivity index (χ1n) is 11.9. The number of carbonyl (C=O) groups is 1. The van der Waals surface area contributed by atoms with Gasteiger partial charge >= 0.3 is 0 Å². The van der Waals surface area contributed by atoms with Crippen molar-refractivity contribution in [2.24, 2.45) is 0 Å². The van der Waals surface area contributed by atoms with Gasteiger partial charge in [0.1, 0.15) is 27.8 Å². The van der Waals surface area contributed by atoms with Gasteiger partial charge in [-0.2, -0.15) is 0 Å². The maximum Gasteiger partial charge on any atom is 0.235 e. The van der Waals surface area contributed by atoms with Gasteiger partial charge in [0.05, 0.1) is 41.4 Å². The maximum absolute atomic E-state index is 12.5. The van der Waals surface area contributed by atoms with Gasteiger partial charge in [-0.25, -0.2) is 19.9 Å². The molecule has 0 atom stereocenters. The highest BCUT2D eigenvalue weighted by atomic mass is 32.2. The summed E-state index contributed by atoms with van der Waals surface area (Å²) in [5.41, 5.74) is 3.02. The van der Waals surface area contributed by atoms with Gasteiger partial charge in [-0.3, -0.25) is 4.79 Å². The first-order chi connectivity index (χ1) is 17.5. The molecule has 186 valence electrons. The second-order valence-electron chi connectivity index (χ2n) is 9.41. The van der Waals surface area contributed by atoms with E-state index in [1.165, 1.54) is 17.3 Å². The molecule has 1 fully saturated rings. The maximum atomic E-state index is 12.5. The summed E-state index contributed by atoms with van der Waals surface area (Å²) in [5.74, 6) is 1.62. The summed E-state index contributed by atoms with van der Waals surface area (Å²) in [6.45, 7) is 7.79. The van der Waals surface area contributed by atoms with Crippen molar-refractivity contribution in [2.45, 2.75) is 37.5 Å². The van der Waals surface area contributed by atoms with Crippen LogP contribution in [0.3, 0.4) is 0 Å². The average Bonchev–Trinajstić information content (AvgIpc) is 3.27. The van der Waals surface area contributed by atoms with E-state index in [0.717, 1.165) is 56.4 Å². The number of ether oxygens (including phenoxy) is 2. The Morgan fingerprint density at radius 3 is 2.86 bits per heavy atom. The van der Waals surface area contributed by atoms with Crippen molar-refractivity contribution in [1.82, 2.24) is 19.9 Å². The molecule has 2 aliphatic rings. The number of thiophene rings is 1. The quantitative estimate of drug-likeness (QED) is 0.307. The highest BCUT2D eigenvalue weighted by Gasteiger charge is 2.33. The molecule has 0 unspecified atom stereocenters. The van der Waals surface area contributed by atoms with Crippen LogP contribution in [0.1, 0.15) is 25.0 Å². The number of fused-ring (bicyclic) bond motifs is 5. The lowest BCUT2D eigenvalue weighted by atomic mass is 9.90. The Bertz CT molecular complexity index is 1440. The molecule has 4 aromatic heterocycles. The summed E-state index contributed by atoms with van der Waals surface area (Å²) in [4.78, 5) is 34.3. The van der Waals surface area contributed by atoms with Crippen LogP contribution in [0.15, 0.2) is 35.7 Å². The second kappa shape index (κ2) is 9.55. The van der Waals surface area contributed by atoms with Crippen LogP contribution in [0.2, 0.25) is 0 Å². The summed E-state index contributed by atoms with van der Waals surface area (Å²) in [6, 6.07) is 5.42. The SMILES string of the molecule is CC1(C)Cc2c(c(N3CCOCC3)nc3sc4c(SCC(=O)Nc5ccccn5)ncnc4c23)CO1. The number of carbonyl (C=O) groups excluding carboxylic acids is 1. The third kappa shape index (κ3) is 4.52. The van der Waals surface area contributed by atoms with Gasteiger partial charge in [-0.05, 0) is 31.5 Å². The van der Waals surface area contributed by atoms with Crippen LogP contribution in [0.4, 0.5) is 11.6 Å². The highest BCUT2D eigenvalue weighted by molar-refractivity contribution is 8.00. The number of hydrogen-bond donors (Lipinski definition) is 1. The van der Waals surface area contributed by atoms with E-state index in [9.17, 15) is 4.79 Å². The molecule has 6 rings (SSSR count). The van der Waals surface area contributed by atoms with Crippen LogP contribution < -0.4 is 10.2 Å². The first-order valence-corrected chi connectivity index (χ1v) is 13.7. The lowest BCUT2D eigenvalue weighted by Gasteiger charge is -2.36. The van der Waals surface area contributed by atoms with Gasteiger partial charge in [0.15, 0.2) is 0 Å². The molecule has 0 saturated carbocycles. The van der Waals surface area contributed by atoms with Gasteiger partial charge in [0.2, 0.25) is 5.91 Å². The number of nitrogens with zero attached hydrogens (tertiary/aromatic N) is 5. The molecule has 9 nitrogen and oxygen atoms in total. The highest BCUT2D eigenvalue weighted by Crippen LogP contribution is 2.44. The number of morpholine rings is 1. The van der Waals surface area contributed by atoms with Crippen LogP contribution >= 0.6 is 23.1 Å². The molecule has 36 heavy (non-hydrogen) atoms. The van der Waals surface area contributed by atoms with Crippen LogP contribution in [-0.2, 0) is 27.3 Å².